The summed E-state index contributed by atoms with van der Waals surface area (Å²) in [6, 6.07) is 1.50. The summed E-state index contributed by atoms with van der Waals surface area (Å²) in [5, 5.41) is 0. The Kier molecular flexibility index (Phi) is 5.19. The van der Waals surface area contributed by atoms with Crippen LogP contribution in [0.25, 0.3) is 0 Å². The first-order chi connectivity index (χ1) is 7.82. The van der Waals surface area contributed by atoms with Crippen LogP contribution < -0.4 is 5.73 Å². The van der Waals surface area contributed by atoms with Crippen LogP contribution in [0.3, 0.4) is 0 Å². The summed E-state index contributed by atoms with van der Waals surface area (Å²) in [6.07, 6.45) is 0.479. The van der Waals surface area contributed by atoms with Gasteiger partial charge in [-0.25, -0.2) is 0 Å². The number of halogens is 2. The van der Waals surface area contributed by atoms with Crippen molar-refractivity contribution in [2.75, 3.05) is 7.05 Å². The molecule has 0 aromatic carbocycles. The number of hydrogen-bond donors (Lipinski definition) is 1. The summed E-state index contributed by atoms with van der Waals surface area (Å²) >= 11 is 17.7. The molecule has 0 saturated heterocycles. The molecule has 1 amide bonds. The highest BCUT2D eigenvalue weighted by Gasteiger charge is 2.22. The summed E-state index contributed by atoms with van der Waals surface area (Å²) < 4.78 is 0.892. The van der Waals surface area contributed by atoms with Gasteiger partial charge in [-0.15, -0.1) is 11.3 Å². The maximum absolute atomic E-state index is 12.1. The topological polar surface area (TPSA) is 46.3 Å². The van der Waals surface area contributed by atoms with Gasteiger partial charge in [0.2, 0.25) is 0 Å². The lowest BCUT2D eigenvalue weighted by Crippen LogP contribution is -2.37. The van der Waals surface area contributed by atoms with Crippen molar-refractivity contribution >= 4 is 57.7 Å². The zero-order valence-corrected chi connectivity index (χ0v) is 12.5. The minimum Gasteiger partial charge on any atom is -0.393 e. The third kappa shape index (κ3) is 3.81. The van der Waals surface area contributed by atoms with Crippen molar-refractivity contribution in [1.82, 2.24) is 4.90 Å². The second-order valence-electron chi connectivity index (χ2n) is 3.67. The molecule has 3 nitrogen and oxygen atoms in total. The molecule has 0 fully saturated rings. The molecule has 1 rings (SSSR count). The number of nitrogens with two attached hydrogens (primary N) is 1. The van der Waals surface area contributed by atoms with Gasteiger partial charge in [-0.1, -0.05) is 35.4 Å². The second-order valence-corrected chi connectivity index (χ2v) is 6.48. The second kappa shape index (κ2) is 6.00. The lowest BCUT2D eigenvalue weighted by molar-refractivity contribution is 0.0749. The van der Waals surface area contributed by atoms with E-state index < -0.39 is 0 Å². The molecule has 0 spiro atoms. The van der Waals surface area contributed by atoms with E-state index in [1.807, 2.05) is 6.92 Å². The Hall–Kier alpha value is -0.360. The van der Waals surface area contributed by atoms with Crippen molar-refractivity contribution in [3.63, 3.8) is 0 Å². The maximum Gasteiger partial charge on any atom is 0.256 e. The lowest BCUT2D eigenvalue weighted by Gasteiger charge is -2.24. The minimum absolute atomic E-state index is 0.0743. The van der Waals surface area contributed by atoms with Crippen LogP contribution in [-0.2, 0) is 0 Å². The number of thiophene rings is 1. The first-order valence-electron chi connectivity index (χ1n) is 4.83. The summed E-state index contributed by atoms with van der Waals surface area (Å²) in [4.78, 5) is 14.0. The number of nitrogens with zero attached hydrogens (tertiary/aromatic N) is 1. The van der Waals surface area contributed by atoms with Crippen LogP contribution in [0.1, 0.15) is 23.7 Å². The molecule has 94 valence electrons. The normalized spacial score (nSPS) is 12.2. The van der Waals surface area contributed by atoms with E-state index in [1.165, 1.54) is 11.3 Å². The largest absolute Gasteiger partial charge is 0.393 e. The summed E-state index contributed by atoms with van der Waals surface area (Å²) in [7, 11) is 1.69. The molecule has 2 N–H and O–H groups in total. The molecule has 0 saturated carbocycles. The van der Waals surface area contributed by atoms with Gasteiger partial charge in [-0.05, 0) is 13.0 Å². The first-order valence-corrected chi connectivity index (χ1v) is 6.81. The van der Waals surface area contributed by atoms with Gasteiger partial charge in [0, 0.05) is 19.5 Å². The van der Waals surface area contributed by atoms with Gasteiger partial charge in [0.25, 0.3) is 5.91 Å². The van der Waals surface area contributed by atoms with Crippen molar-refractivity contribution < 1.29 is 4.79 Å². The SMILES string of the molecule is CC(CC(N)=S)N(C)C(=O)c1cc(Cl)sc1Cl. The van der Waals surface area contributed by atoms with Crippen molar-refractivity contribution in [3.05, 3.63) is 20.3 Å². The van der Waals surface area contributed by atoms with E-state index in [1.54, 1.807) is 18.0 Å². The van der Waals surface area contributed by atoms with Gasteiger partial charge in [-0.2, -0.15) is 0 Å². The molecule has 0 aliphatic heterocycles. The van der Waals surface area contributed by atoms with Gasteiger partial charge in [-0.3, -0.25) is 4.79 Å². The molecule has 0 radical (unpaired) electrons. The number of carbonyl (C=O) groups is 1. The maximum atomic E-state index is 12.1. The Balaban J connectivity index is 2.83. The molecule has 7 heteroatoms. The fraction of sp³-hybridized carbons (Fsp3) is 0.400. The van der Waals surface area contributed by atoms with E-state index in [4.69, 9.17) is 41.2 Å². The minimum atomic E-state index is -0.179. The molecular formula is C10H12Cl2N2OS2. The predicted octanol–water partition coefficient (Wildman–Crippen LogP) is 3.19. The highest BCUT2D eigenvalue weighted by atomic mass is 35.5. The predicted molar refractivity (Wildman–Crippen MR) is 77.3 cm³/mol. The van der Waals surface area contributed by atoms with Crippen LogP contribution in [0.15, 0.2) is 6.07 Å². The highest BCUT2D eigenvalue weighted by Crippen LogP contribution is 2.32. The third-order valence-electron chi connectivity index (χ3n) is 2.37. The Morgan fingerprint density at radius 2 is 2.24 bits per heavy atom. The van der Waals surface area contributed by atoms with Crippen LogP contribution in [0.4, 0.5) is 0 Å². The van der Waals surface area contributed by atoms with Gasteiger partial charge < -0.3 is 10.6 Å². The molecule has 0 bridgehead atoms. The molecular weight excluding hydrogens is 299 g/mol. The number of rotatable bonds is 4. The molecule has 0 aliphatic carbocycles. The Bertz CT molecular complexity index is 448. The number of hydrogen-bond acceptors (Lipinski definition) is 3. The van der Waals surface area contributed by atoms with Gasteiger partial charge in [0.1, 0.15) is 4.34 Å². The van der Waals surface area contributed by atoms with Crippen molar-refractivity contribution in [2.24, 2.45) is 5.73 Å². The van der Waals surface area contributed by atoms with E-state index in [2.05, 4.69) is 0 Å². The van der Waals surface area contributed by atoms with Crippen LogP contribution in [-0.4, -0.2) is 28.9 Å². The average molecular weight is 311 g/mol. The first kappa shape index (κ1) is 14.7. The molecule has 1 heterocycles. The Labute approximate surface area is 119 Å². The van der Waals surface area contributed by atoms with Crippen LogP contribution in [0.5, 0.6) is 0 Å². The lowest BCUT2D eigenvalue weighted by atomic mass is 10.2. The van der Waals surface area contributed by atoms with Crippen LogP contribution in [0, 0.1) is 0 Å². The zero-order chi connectivity index (χ0) is 13.2. The monoisotopic (exact) mass is 310 g/mol. The van der Waals surface area contributed by atoms with Gasteiger partial charge in [0.05, 0.1) is 14.9 Å². The average Bonchev–Trinajstić information content (AvgIpc) is 2.54. The fourth-order valence-corrected chi connectivity index (χ4v) is 2.99. The number of thiocarbonyl (C=S) groups is 1. The Morgan fingerprint density at radius 1 is 1.65 bits per heavy atom. The molecule has 1 aromatic heterocycles. The smallest absolute Gasteiger partial charge is 0.256 e. The van der Waals surface area contributed by atoms with Crippen molar-refractivity contribution in [3.8, 4) is 0 Å². The molecule has 1 aromatic rings. The van der Waals surface area contributed by atoms with E-state index in [9.17, 15) is 4.79 Å². The summed E-state index contributed by atoms with van der Waals surface area (Å²) in [5.41, 5.74) is 5.87. The van der Waals surface area contributed by atoms with Crippen LogP contribution in [0.2, 0.25) is 8.67 Å². The Morgan fingerprint density at radius 3 is 2.65 bits per heavy atom. The molecule has 0 aliphatic rings. The van der Waals surface area contributed by atoms with Gasteiger partial charge in [0.15, 0.2) is 0 Å². The van der Waals surface area contributed by atoms with Gasteiger partial charge >= 0.3 is 0 Å². The number of amides is 1. The van der Waals surface area contributed by atoms with E-state index >= 15 is 0 Å². The van der Waals surface area contributed by atoms with E-state index in [0.717, 1.165) is 0 Å². The van der Waals surface area contributed by atoms with E-state index in [0.29, 0.717) is 25.6 Å². The van der Waals surface area contributed by atoms with Crippen molar-refractivity contribution in [2.45, 2.75) is 19.4 Å². The standard InChI is InChI=1S/C10H12Cl2N2OS2/c1-5(3-8(13)16)14(2)10(15)6-4-7(11)17-9(6)12/h4-5H,3H2,1-2H3,(H2,13,16). The third-order valence-corrected chi connectivity index (χ3v) is 4.02. The van der Waals surface area contributed by atoms with E-state index in [-0.39, 0.29) is 11.9 Å². The molecule has 17 heavy (non-hydrogen) atoms. The molecule has 1 unspecified atom stereocenters. The number of carbonyl (C=O) groups excluding carboxylic acids is 1. The fourth-order valence-electron chi connectivity index (χ4n) is 1.30. The van der Waals surface area contributed by atoms with Crippen LogP contribution >= 0.6 is 46.8 Å². The van der Waals surface area contributed by atoms with Crippen molar-refractivity contribution in [1.29, 1.82) is 0 Å². The summed E-state index contributed by atoms with van der Waals surface area (Å²) in [6.45, 7) is 1.87. The zero-order valence-electron chi connectivity index (χ0n) is 9.37. The quantitative estimate of drug-likeness (QED) is 0.869. The highest BCUT2D eigenvalue weighted by molar-refractivity contribution is 7.80. The summed E-state index contributed by atoms with van der Waals surface area (Å²) in [5.74, 6) is -0.179. The molecule has 1 atom stereocenters.